The van der Waals surface area contributed by atoms with Crippen LogP contribution in [-0.4, -0.2) is 13.1 Å². The van der Waals surface area contributed by atoms with Crippen molar-refractivity contribution >= 4 is 5.97 Å². The summed E-state index contributed by atoms with van der Waals surface area (Å²) in [5, 5.41) is 0. The maximum absolute atomic E-state index is 13.3. The van der Waals surface area contributed by atoms with Crippen LogP contribution in [0.1, 0.15) is 15.9 Å². The number of carbonyl (C=O) groups is 1. The zero-order valence-electron chi connectivity index (χ0n) is 10.2. The van der Waals surface area contributed by atoms with E-state index in [2.05, 4.69) is 0 Å². The zero-order chi connectivity index (χ0) is 13.1. The maximum Gasteiger partial charge on any atom is 0.338 e. The molecule has 18 heavy (non-hydrogen) atoms. The Balaban J connectivity index is 2.57. The quantitative estimate of drug-likeness (QED) is 0.755. The summed E-state index contributed by atoms with van der Waals surface area (Å²) in [6.45, 7) is 1.97. The topological polar surface area (TPSA) is 26.3 Å². The van der Waals surface area contributed by atoms with Gasteiger partial charge in [0, 0.05) is 0 Å². The number of hydrogen-bond donors (Lipinski definition) is 0. The normalized spacial score (nSPS) is 10.2. The molecule has 0 aliphatic rings. The average Bonchev–Trinajstić information content (AvgIpc) is 2.38. The highest BCUT2D eigenvalue weighted by molar-refractivity contribution is 5.97. The largest absolute Gasteiger partial charge is 0.465 e. The molecule has 0 saturated heterocycles. The lowest BCUT2D eigenvalue weighted by molar-refractivity contribution is 0.0601. The Morgan fingerprint density at radius 1 is 1.11 bits per heavy atom. The number of ether oxygens (including phenoxy) is 1. The Morgan fingerprint density at radius 2 is 1.78 bits per heavy atom. The molecule has 0 spiro atoms. The molecule has 0 bridgehead atoms. The number of rotatable bonds is 2. The molecule has 0 saturated carbocycles. The van der Waals surface area contributed by atoms with Gasteiger partial charge >= 0.3 is 5.97 Å². The van der Waals surface area contributed by atoms with E-state index in [0.717, 1.165) is 11.1 Å². The van der Waals surface area contributed by atoms with Crippen molar-refractivity contribution in [3.63, 3.8) is 0 Å². The first-order chi connectivity index (χ1) is 8.61. The standard InChI is InChI=1S/C15H13FO2/c1-10-3-5-11(6-4-10)14-9-12(16)7-8-13(14)15(17)18-2/h3-9H,1-2H3. The fourth-order valence-electron chi connectivity index (χ4n) is 1.78. The van der Waals surface area contributed by atoms with Gasteiger partial charge in [-0.15, -0.1) is 0 Å². The van der Waals surface area contributed by atoms with Gasteiger partial charge in [-0.2, -0.15) is 0 Å². The molecular formula is C15H13FO2. The monoisotopic (exact) mass is 244 g/mol. The minimum Gasteiger partial charge on any atom is -0.465 e. The number of aryl methyl sites for hydroxylation is 1. The number of carbonyl (C=O) groups excluding carboxylic acids is 1. The number of hydrogen-bond acceptors (Lipinski definition) is 2. The fraction of sp³-hybridized carbons (Fsp3) is 0.133. The molecule has 0 fully saturated rings. The highest BCUT2D eigenvalue weighted by Gasteiger charge is 2.13. The first-order valence-electron chi connectivity index (χ1n) is 5.56. The SMILES string of the molecule is COC(=O)c1ccc(F)cc1-c1ccc(C)cc1. The molecule has 2 rings (SSSR count). The van der Waals surface area contributed by atoms with Crippen molar-refractivity contribution in [2.75, 3.05) is 7.11 Å². The average molecular weight is 244 g/mol. The van der Waals surface area contributed by atoms with Crippen LogP contribution < -0.4 is 0 Å². The number of methoxy groups -OCH3 is 1. The van der Waals surface area contributed by atoms with Gasteiger partial charge < -0.3 is 4.74 Å². The first kappa shape index (κ1) is 12.3. The van der Waals surface area contributed by atoms with Crippen LogP contribution in [0.2, 0.25) is 0 Å². The van der Waals surface area contributed by atoms with Crippen molar-refractivity contribution in [1.82, 2.24) is 0 Å². The maximum atomic E-state index is 13.3. The van der Waals surface area contributed by atoms with Gasteiger partial charge in [0.15, 0.2) is 0 Å². The second kappa shape index (κ2) is 5.00. The summed E-state index contributed by atoms with van der Waals surface area (Å²) in [4.78, 5) is 11.6. The molecule has 2 aromatic carbocycles. The summed E-state index contributed by atoms with van der Waals surface area (Å²) in [6.07, 6.45) is 0. The van der Waals surface area contributed by atoms with Gasteiger partial charge in [-0.25, -0.2) is 9.18 Å². The molecular weight excluding hydrogens is 231 g/mol. The Kier molecular flexibility index (Phi) is 3.42. The van der Waals surface area contributed by atoms with Crippen molar-refractivity contribution in [3.05, 3.63) is 59.4 Å². The van der Waals surface area contributed by atoms with Gasteiger partial charge in [-0.1, -0.05) is 29.8 Å². The van der Waals surface area contributed by atoms with Crippen molar-refractivity contribution in [1.29, 1.82) is 0 Å². The summed E-state index contributed by atoms with van der Waals surface area (Å²) in [5.74, 6) is -0.844. The van der Waals surface area contributed by atoms with Gasteiger partial charge in [0.2, 0.25) is 0 Å². The van der Waals surface area contributed by atoms with Crippen molar-refractivity contribution in [3.8, 4) is 11.1 Å². The molecule has 0 heterocycles. The minimum atomic E-state index is -0.467. The highest BCUT2D eigenvalue weighted by atomic mass is 19.1. The first-order valence-corrected chi connectivity index (χ1v) is 5.56. The van der Waals surface area contributed by atoms with Crippen LogP contribution in [0.25, 0.3) is 11.1 Å². The van der Waals surface area contributed by atoms with Crippen LogP contribution in [0, 0.1) is 12.7 Å². The third kappa shape index (κ3) is 2.40. The summed E-state index contributed by atoms with van der Waals surface area (Å²) in [6, 6.07) is 11.6. The van der Waals surface area contributed by atoms with Crippen LogP contribution in [0.3, 0.4) is 0 Å². The Labute approximate surface area is 105 Å². The van der Waals surface area contributed by atoms with Gasteiger partial charge in [0.05, 0.1) is 12.7 Å². The van der Waals surface area contributed by atoms with Gasteiger partial charge in [0.1, 0.15) is 5.82 Å². The van der Waals surface area contributed by atoms with Gasteiger partial charge in [0.25, 0.3) is 0 Å². The lowest BCUT2D eigenvalue weighted by atomic mass is 9.98. The second-order valence-corrected chi connectivity index (χ2v) is 4.05. The summed E-state index contributed by atoms with van der Waals surface area (Å²) in [7, 11) is 1.31. The van der Waals surface area contributed by atoms with Crippen LogP contribution in [0.5, 0.6) is 0 Å². The van der Waals surface area contributed by atoms with Crippen LogP contribution in [-0.2, 0) is 4.74 Å². The summed E-state index contributed by atoms with van der Waals surface area (Å²) >= 11 is 0. The molecule has 0 aliphatic heterocycles. The van der Waals surface area contributed by atoms with E-state index in [4.69, 9.17) is 4.74 Å². The number of esters is 1. The third-order valence-electron chi connectivity index (χ3n) is 2.75. The van der Waals surface area contributed by atoms with Gasteiger partial charge in [-0.3, -0.25) is 0 Å². The van der Waals surface area contributed by atoms with Crippen molar-refractivity contribution < 1.29 is 13.9 Å². The Hall–Kier alpha value is -2.16. The van der Waals surface area contributed by atoms with Crippen LogP contribution in [0.15, 0.2) is 42.5 Å². The van der Waals surface area contributed by atoms with E-state index in [9.17, 15) is 9.18 Å². The third-order valence-corrected chi connectivity index (χ3v) is 2.75. The molecule has 0 atom stereocenters. The molecule has 0 radical (unpaired) electrons. The molecule has 0 N–H and O–H groups in total. The number of benzene rings is 2. The lowest BCUT2D eigenvalue weighted by Crippen LogP contribution is -2.03. The number of halogens is 1. The fourth-order valence-corrected chi connectivity index (χ4v) is 1.78. The zero-order valence-corrected chi connectivity index (χ0v) is 10.2. The van der Waals surface area contributed by atoms with E-state index in [1.807, 2.05) is 31.2 Å². The Morgan fingerprint density at radius 3 is 2.39 bits per heavy atom. The van der Waals surface area contributed by atoms with Crippen LogP contribution in [0.4, 0.5) is 4.39 Å². The van der Waals surface area contributed by atoms with E-state index < -0.39 is 5.97 Å². The molecule has 92 valence electrons. The van der Waals surface area contributed by atoms with E-state index in [-0.39, 0.29) is 5.82 Å². The van der Waals surface area contributed by atoms with E-state index in [1.165, 1.54) is 25.3 Å². The Bertz CT molecular complexity index is 574. The minimum absolute atomic E-state index is 0.364. The van der Waals surface area contributed by atoms with Crippen molar-refractivity contribution in [2.45, 2.75) is 6.92 Å². The summed E-state index contributed by atoms with van der Waals surface area (Å²) < 4.78 is 18.0. The molecule has 2 aromatic rings. The van der Waals surface area contributed by atoms with E-state index in [0.29, 0.717) is 11.1 Å². The molecule has 0 aliphatic carbocycles. The van der Waals surface area contributed by atoms with Crippen LogP contribution >= 0.6 is 0 Å². The van der Waals surface area contributed by atoms with E-state index in [1.54, 1.807) is 0 Å². The smallest absolute Gasteiger partial charge is 0.338 e. The van der Waals surface area contributed by atoms with E-state index >= 15 is 0 Å². The van der Waals surface area contributed by atoms with Gasteiger partial charge in [-0.05, 0) is 36.2 Å². The van der Waals surface area contributed by atoms with Crippen molar-refractivity contribution in [2.24, 2.45) is 0 Å². The lowest BCUT2D eigenvalue weighted by Gasteiger charge is -2.08. The molecule has 0 unspecified atom stereocenters. The predicted octanol–water partition coefficient (Wildman–Crippen LogP) is 3.59. The predicted molar refractivity (Wildman–Crippen MR) is 67.9 cm³/mol. The molecule has 2 nitrogen and oxygen atoms in total. The molecule has 0 aromatic heterocycles. The summed E-state index contributed by atoms with van der Waals surface area (Å²) in [5.41, 5.74) is 2.81. The molecule has 0 amide bonds. The highest BCUT2D eigenvalue weighted by Crippen LogP contribution is 2.25. The second-order valence-electron chi connectivity index (χ2n) is 4.05. The molecule has 3 heteroatoms.